The Kier molecular flexibility index (Phi) is 4.40. The highest BCUT2D eigenvalue weighted by Crippen LogP contribution is 2.24. The summed E-state index contributed by atoms with van der Waals surface area (Å²) in [6, 6.07) is 12.0. The smallest absolute Gasteiger partial charge is 0.323 e. The molecule has 1 fully saturated rings. The third-order valence-corrected chi connectivity index (χ3v) is 6.00. The van der Waals surface area contributed by atoms with E-state index < -0.39 is 10.0 Å². The molecular weight excluding hydrogens is 368 g/mol. The average Bonchev–Trinajstić information content (AvgIpc) is 3.02. The Labute approximate surface area is 156 Å². The van der Waals surface area contributed by atoms with E-state index >= 15 is 0 Å². The molecule has 1 atom stereocenters. The number of fused-ring (bicyclic) bond motifs is 1. The fraction of sp³-hybridized carbons (Fsp3) is 0.278. The topological polar surface area (TPSA) is 107 Å². The molecular formula is C18H20N4O4S. The van der Waals surface area contributed by atoms with Crippen molar-refractivity contribution < 1.29 is 13.2 Å². The Hall–Kier alpha value is -2.78. The van der Waals surface area contributed by atoms with Gasteiger partial charge in [-0.1, -0.05) is 0 Å². The maximum absolute atomic E-state index is 12.7. The average molecular weight is 388 g/mol. The molecule has 1 aromatic heterocycles. The highest BCUT2D eigenvalue weighted by atomic mass is 32.2. The van der Waals surface area contributed by atoms with Crippen LogP contribution < -0.4 is 15.3 Å². The molecule has 0 amide bonds. The molecule has 0 spiro atoms. The van der Waals surface area contributed by atoms with Crippen LogP contribution in [0.5, 0.6) is 0 Å². The molecule has 1 unspecified atom stereocenters. The van der Waals surface area contributed by atoms with Crippen molar-refractivity contribution in [3.63, 3.8) is 0 Å². The highest BCUT2D eigenvalue weighted by Gasteiger charge is 2.20. The summed E-state index contributed by atoms with van der Waals surface area (Å²) < 4.78 is 33.3. The number of benzene rings is 2. The van der Waals surface area contributed by atoms with Gasteiger partial charge >= 0.3 is 5.69 Å². The summed E-state index contributed by atoms with van der Waals surface area (Å²) in [5.41, 5.74) is 2.13. The SMILES string of the molecule is CC1COCCN1c1ccc(NS(=O)(=O)c2ccc3[nH]c(=O)[nH]c3c2)cc1. The number of imidazole rings is 1. The van der Waals surface area contributed by atoms with E-state index in [9.17, 15) is 13.2 Å². The van der Waals surface area contributed by atoms with Crippen molar-refractivity contribution in [2.75, 3.05) is 29.4 Å². The van der Waals surface area contributed by atoms with Crippen LogP contribution in [0.2, 0.25) is 0 Å². The first-order valence-electron chi connectivity index (χ1n) is 8.62. The second-order valence-corrected chi connectivity index (χ2v) is 8.24. The molecule has 2 heterocycles. The maximum Gasteiger partial charge on any atom is 0.323 e. The van der Waals surface area contributed by atoms with E-state index in [-0.39, 0.29) is 16.6 Å². The minimum Gasteiger partial charge on any atom is -0.377 e. The summed E-state index contributed by atoms with van der Waals surface area (Å²) in [4.78, 5) is 18.8. The van der Waals surface area contributed by atoms with Crippen LogP contribution in [0, 0.1) is 0 Å². The molecule has 3 aromatic rings. The first-order chi connectivity index (χ1) is 12.9. The van der Waals surface area contributed by atoms with Crippen LogP contribution in [0.4, 0.5) is 11.4 Å². The molecule has 142 valence electrons. The lowest BCUT2D eigenvalue weighted by Gasteiger charge is -2.35. The number of anilines is 2. The van der Waals surface area contributed by atoms with Gasteiger partial charge < -0.3 is 19.6 Å². The minimum absolute atomic E-state index is 0.0797. The molecule has 1 aliphatic rings. The molecule has 2 aromatic carbocycles. The normalized spacial score (nSPS) is 18.0. The zero-order chi connectivity index (χ0) is 19.0. The molecule has 0 radical (unpaired) electrons. The van der Waals surface area contributed by atoms with E-state index in [1.807, 2.05) is 12.1 Å². The number of nitrogens with one attached hydrogen (secondary N) is 3. The molecule has 0 aliphatic carbocycles. The van der Waals surface area contributed by atoms with Crippen LogP contribution in [-0.2, 0) is 14.8 Å². The number of ether oxygens (including phenoxy) is 1. The highest BCUT2D eigenvalue weighted by molar-refractivity contribution is 7.92. The Morgan fingerprint density at radius 2 is 1.85 bits per heavy atom. The summed E-state index contributed by atoms with van der Waals surface area (Å²) >= 11 is 0. The van der Waals surface area contributed by atoms with Crippen molar-refractivity contribution in [1.29, 1.82) is 0 Å². The van der Waals surface area contributed by atoms with Gasteiger partial charge in [0.05, 0.1) is 29.1 Å². The minimum atomic E-state index is -3.76. The predicted molar refractivity (Wildman–Crippen MR) is 104 cm³/mol. The van der Waals surface area contributed by atoms with Gasteiger partial charge in [-0.05, 0) is 49.4 Å². The van der Waals surface area contributed by atoms with Crippen LogP contribution in [0.25, 0.3) is 11.0 Å². The van der Waals surface area contributed by atoms with Crippen LogP contribution in [0.1, 0.15) is 6.92 Å². The predicted octanol–water partition coefficient (Wildman–Crippen LogP) is 1.88. The van der Waals surface area contributed by atoms with E-state index in [2.05, 4.69) is 26.5 Å². The Morgan fingerprint density at radius 1 is 1.11 bits per heavy atom. The van der Waals surface area contributed by atoms with Crippen molar-refractivity contribution in [1.82, 2.24) is 9.97 Å². The molecule has 0 saturated carbocycles. The largest absolute Gasteiger partial charge is 0.377 e. The standard InChI is InChI=1S/C18H20N4O4S/c1-12-11-26-9-8-22(12)14-4-2-13(3-5-14)21-27(24,25)15-6-7-16-17(10-15)20-18(23)19-16/h2-7,10,12,21H,8-9,11H2,1H3,(H2,19,20,23). The molecule has 27 heavy (non-hydrogen) atoms. The van der Waals surface area contributed by atoms with Gasteiger partial charge in [0, 0.05) is 24.0 Å². The summed E-state index contributed by atoms with van der Waals surface area (Å²) in [6.07, 6.45) is 0. The maximum atomic E-state index is 12.7. The van der Waals surface area contributed by atoms with E-state index in [1.165, 1.54) is 12.1 Å². The van der Waals surface area contributed by atoms with Gasteiger partial charge in [-0.15, -0.1) is 0 Å². The van der Waals surface area contributed by atoms with E-state index in [0.717, 1.165) is 12.2 Å². The molecule has 4 rings (SSSR count). The number of nitrogens with zero attached hydrogens (tertiary/aromatic N) is 1. The number of hydrogen-bond donors (Lipinski definition) is 3. The van der Waals surface area contributed by atoms with E-state index in [4.69, 9.17) is 4.74 Å². The number of rotatable bonds is 4. The number of aromatic amines is 2. The third kappa shape index (κ3) is 3.56. The first kappa shape index (κ1) is 17.6. The van der Waals surface area contributed by atoms with Gasteiger partial charge in [0.15, 0.2) is 0 Å². The Balaban J connectivity index is 1.55. The number of morpholine rings is 1. The van der Waals surface area contributed by atoms with Crippen molar-refractivity contribution in [3.05, 3.63) is 52.9 Å². The molecule has 0 bridgehead atoms. The van der Waals surface area contributed by atoms with Gasteiger partial charge in [0.2, 0.25) is 0 Å². The Bertz CT molecular complexity index is 1120. The fourth-order valence-corrected chi connectivity index (χ4v) is 4.31. The van der Waals surface area contributed by atoms with Crippen LogP contribution in [0.15, 0.2) is 52.2 Å². The van der Waals surface area contributed by atoms with Crippen molar-refractivity contribution >= 4 is 32.4 Å². The monoisotopic (exact) mass is 388 g/mol. The zero-order valence-corrected chi connectivity index (χ0v) is 15.5. The van der Waals surface area contributed by atoms with E-state index in [0.29, 0.717) is 29.9 Å². The number of sulfonamides is 1. The van der Waals surface area contributed by atoms with Gasteiger partial charge in [0.25, 0.3) is 10.0 Å². The molecule has 1 aliphatic heterocycles. The Morgan fingerprint density at radius 3 is 2.59 bits per heavy atom. The summed E-state index contributed by atoms with van der Waals surface area (Å²) in [7, 11) is -3.76. The van der Waals surface area contributed by atoms with Crippen molar-refractivity contribution in [3.8, 4) is 0 Å². The lowest BCUT2D eigenvalue weighted by atomic mass is 10.2. The fourth-order valence-electron chi connectivity index (χ4n) is 3.22. The molecule has 9 heteroatoms. The van der Waals surface area contributed by atoms with Gasteiger partial charge in [-0.25, -0.2) is 13.2 Å². The summed E-state index contributed by atoms with van der Waals surface area (Å²) in [6.45, 7) is 4.26. The van der Waals surface area contributed by atoms with Gasteiger partial charge in [-0.3, -0.25) is 4.72 Å². The molecule has 1 saturated heterocycles. The van der Waals surface area contributed by atoms with E-state index in [1.54, 1.807) is 18.2 Å². The van der Waals surface area contributed by atoms with Crippen LogP contribution >= 0.6 is 0 Å². The number of H-pyrrole nitrogens is 2. The zero-order valence-electron chi connectivity index (χ0n) is 14.7. The van der Waals surface area contributed by atoms with Crippen molar-refractivity contribution in [2.24, 2.45) is 0 Å². The second kappa shape index (κ2) is 6.75. The van der Waals surface area contributed by atoms with Crippen molar-refractivity contribution in [2.45, 2.75) is 17.9 Å². The third-order valence-electron chi connectivity index (χ3n) is 4.62. The lowest BCUT2D eigenvalue weighted by molar-refractivity contribution is 0.0989. The summed E-state index contributed by atoms with van der Waals surface area (Å²) in [5.74, 6) is 0. The second-order valence-electron chi connectivity index (χ2n) is 6.56. The van der Waals surface area contributed by atoms with Crippen LogP contribution in [-0.4, -0.2) is 44.2 Å². The lowest BCUT2D eigenvalue weighted by Crippen LogP contribution is -2.43. The summed E-state index contributed by atoms with van der Waals surface area (Å²) in [5, 5.41) is 0. The first-order valence-corrected chi connectivity index (χ1v) is 10.1. The molecule has 8 nitrogen and oxygen atoms in total. The quantitative estimate of drug-likeness (QED) is 0.633. The molecule has 3 N–H and O–H groups in total. The number of aromatic nitrogens is 2. The van der Waals surface area contributed by atoms with Crippen LogP contribution in [0.3, 0.4) is 0 Å². The number of hydrogen-bond acceptors (Lipinski definition) is 5. The van der Waals surface area contributed by atoms with Gasteiger partial charge in [0.1, 0.15) is 0 Å². The van der Waals surface area contributed by atoms with Gasteiger partial charge in [-0.2, -0.15) is 0 Å².